The predicted molar refractivity (Wildman–Crippen MR) is 94.7 cm³/mol. The second kappa shape index (κ2) is 5.93. The first-order valence-electron chi connectivity index (χ1n) is 8.24. The molecule has 1 fully saturated rings. The third-order valence-corrected chi connectivity index (χ3v) is 4.92. The molecule has 1 aromatic heterocycles. The highest BCUT2D eigenvalue weighted by Crippen LogP contribution is 2.36. The van der Waals surface area contributed by atoms with Gasteiger partial charge in [0, 0.05) is 13.1 Å². The van der Waals surface area contributed by atoms with Gasteiger partial charge >= 0.3 is 0 Å². The lowest BCUT2D eigenvalue weighted by molar-refractivity contribution is 0.414. The zero-order valence-corrected chi connectivity index (χ0v) is 13.4. The standard InChI is InChI=1S/C20H18N4/c21-15-20(16-6-2-1-3-7-16)10-12-24(13-11-20)19-14-22-17-8-4-5-9-18(17)23-19/h1-9,14H,10-13H2. The molecule has 4 heteroatoms. The summed E-state index contributed by atoms with van der Waals surface area (Å²) in [5, 5.41) is 9.80. The summed E-state index contributed by atoms with van der Waals surface area (Å²) >= 11 is 0. The van der Waals surface area contributed by atoms with E-state index in [9.17, 15) is 5.26 Å². The highest BCUT2D eigenvalue weighted by Gasteiger charge is 2.36. The second-order valence-electron chi connectivity index (χ2n) is 6.26. The number of hydrogen-bond donors (Lipinski definition) is 0. The normalized spacial score (nSPS) is 16.7. The van der Waals surface area contributed by atoms with Gasteiger partial charge in [-0.3, -0.25) is 4.98 Å². The average Bonchev–Trinajstić information content (AvgIpc) is 2.68. The topological polar surface area (TPSA) is 52.8 Å². The van der Waals surface area contributed by atoms with Gasteiger partial charge in [0.2, 0.25) is 0 Å². The number of anilines is 1. The van der Waals surface area contributed by atoms with Crippen LogP contribution in [0.25, 0.3) is 11.0 Å². The molecule has 4 rings (SSSR count). The molecule has 1 aliphatic heterocycles. The Bertz CT molecular complexity index is 890. The van der Waals surface area contributed by atoms with E-state index < -0.39 is 0 Å². The molecule has 1 aliphatic rings. The van der Waals surface area contributed by atoms with Gasteiger partial charge in [0.15, 0.2) is 0 Å². The smallest absolute Gasteiger partial charge is 0.147 e. The van der Waals surface area contributed by atoms with Crippen LogP contribution in [0.3, 0.4) is 0 Å². The number of rotatable bonds is 2. The van der Waals surface area contributed by atoms with Crippen LogP contribution in [0.5, 0.6) is 0 Å². The van der Waals surface area contributed by atoms with E-state index in [-0.39, 0.29) is 5.41 Å². The van der Waals surface area contributed by atoms with Crippen molar-refractivity contribution in [2.75, 3.05) is 18.0 Å². The fourth-order valence-electron chi connectivity index (χ4n) is 3.44. The van der Waals surface area contributed by atoms with Gasteiger partial charge in [-0.15, -0.1) is 0 Å². The fourth-order valence-corrected chi connectivity index (χ4v) is 3.44. The van der Waals surface area contributed by atoms with E-state index in [2.05, 4.69) is 28.1 Å². The summed E-state index contributed by atoms with van der Waals surface area (Å²) < 4.78 is 0. The quantitative estimate of drug-likeness (QED) is 0.724. The monoisotopic (exact) mass is 314 g/mol. The number of para-hydroxylation sites is 2. The first-order valence-corrected chi connectivity index (χ1v) is 8.24. The number of fused-ring (bicyclic) bond motifs is 1. The molecule has 0 atom stereocenters. The lowest BCUT2D eigenvalue weighted by atomic mass is 9.74. The number of benzene rings is 2. The summed E-state index contributed by atoms with van der Waals surface area (Å²) in [6.07, 6.45) is 3.45. The molecule has 3 aromatic rings. The van der Waals surface area contributed by atoms with Crippen LogP contribution in [0.2, 0.25) is 0 Å². The van der Waals surface area contributed by atoms with Crippen LogP contribution in [0.15, 0.2) is 60.8 Å². The van der Waals surface area contributed by atoms with Gasteiger partial charge in [0.1, 0.15) is 5.82 Å². The van der Waals surface area contributed by atoms with Gasteiger partial charge < -0.3 is 4.90 Å². The second-order valence-corrected chi connectivity index (χ2v) is 6.26. The molecule has 0 N–H and O–H groups in total. The SMILES string of the molecule is N#CC1(c2ccccc2)CCN(c2cnc3ccccc3n2)CC1. The molecule has 0 aliphatic carbocycles. The Labute approximate surface area is 141 Å². The van der Waals surface area contributed by atoms with Crippen molar-refractivity contribution in [3.63, 3.8) is 0 Å². The van der Waals surface area contributed by atoms with Gasteiger partial charge in [0.05, 0.1) is 28.7 Å². The minimum Gasteiger partial charge on any atom is -0.355 e. The third kappa shape index (κ3) is 2.48. The lowest BCUT2D eigenvalue weighted by Gasteiger charge is -2.38. The molecule has 0 bridgehead atoms. The van der Waals surface area contributed by atoms with Gasteiger partial charge in [-0.05, 0) is 30.5 Å². The van der Waals surface area contributed by atoms with Crippen LogP contribution >= 0.6 is 0 Å². The van der Waals surface area contributed by atoms with Crippen LogP contribution in [-0.4, -0.2) is 23.1 Å². The Morgan fingerprint density at radius 2 is 1.58 bits per heavy atom. The largest absolute Gasteiger partial charge is 0.355 e. The number of nitrogens with zero attached hydrogens (tertiary/aromatic N) is 4. The third-order valence-electron chi connectivity index (χ3n) is 4.92. The average molecular weight is 314 g/mol. The molecule has 0 saturated carbocycles. The molecular weight excluding hydrogens is 296 g/mol. The molecular formula is C20H18N4. The van der Waals surface area contributed by atoms with E-state index in [1.807, 2.05) is 48.7 Å². The summed E-state index contributed by atoms with van der Waals surface area (Å²) in [5.74, 6) is 0.897. The molecule has 2 heterocycles. The van der Waals surface area contributed by atoms with Crippen molar-refractivity contribution in [3.8, 4) is 6.07 Å². The van der Waals surface area contributed by atoms with Crippen molar-refractivity contribution in [1.29, 1.82) is 5.26 Å². The maximum atomic E-state index is 9.80. The van der Waals surface area contributed by atoms with Crippen molar-refractivity contribution < 1.29 is 0 Å². The van der Waals surface area contributed by atoms with Gasteiger partial charge in [0.25, 0.3) is 0 Å². The first kappa shape index (κ1) is 14.6. The van der Waals surface area contributed by atoms with E-state index in [1.54, 1.807) is 0 Å². The summed E-state index contributed by atoms with van der Waals surface area (Å²) in [6, 6.07) is 20.6. The van der Waals surface area contributed by atoms with Gasteiger partial charge in [-0.1, -0.05) is 42.5 Å². The first-order chi connectivity index (χ1) is 11.8. The maximum absolute atomic E-state index is 9.80. The Morgan fingerprint density at radius 1 is 0.917 bits per heavy atom. The minimum absolute atomic E-state index is 0.387. The summed E-state index contributed by atoms with van der Waals surface area (Å²) in [7, 11) is 0. The summed E-state index contributed by atoms with van der Waals surface area (Å²) in [4.78, 5) is 11.5. The molecule has 24 heavy (non-hydrogen) atoms. The number of aromatic nitrogens is 2. The summed E-state index contributed by atoms with van der Waals surface area (Å²) in [5.41, 5.74) is 2.56. The van der Waals surface area contributed by atoms with Crippen molar-refractivity contribution >= 4 is 16.9 Å². The highest BCUT2D eigenvalue weighted by molar-refractivity contribution is 5.75. The van der Waals surface area contributed by atoms with Crippen molar-refractivity contribution in [2.24, 2.45) is 0 Å². The molecule has 0 unspecified atom stereocenters. The minimum atomic E-state index is -0.387. The van der Waals surface area contributed by atoms with E-state index in [0.29, 0.717) is 0 Å². The number of nitriles is 1. The van der Waals surface area contributed by atoms with Crippen molar-refractivity contribution in [2.45, 2.75) is 18.3 Å². The zero-order valence-electron chi connectivity index (χ0n) is 13.4. The molecule has 118 valence electrons. The summed E-state index contributed by atoms with van der Waals surface area (Å²) in [6.45, 7) is 1.63. The molecule has 0 spiro atoms. The molecule has 1 saturated heterocycles. The van der Waals surface area contributed by atoms with E-state index >= 15 is 0 Å². The Hall–Kier alpha value is -2.93. The predicted octanol–water partition coefficient (Wildman–Crippen LogP) is 3.69. The van der Waals surface area contributed by atoms with Crippen LogP contribution in [-0.2, 0) is 5.41 Å². The molecule has 2 aromatic carbocycles. The van der Waals surface area contributed by atoms with Crippen LogP contribution in [0, 0.1) is 11.3 Å². The Morgan fingerprint density at radius 3 is 2.29 bits per heavy atom. The molecule has 0 radical (unpaired) electrons. The Balaban J connectivity index is 1.58. The number of piperidine rings is 1. The zero-order chi connectivity index (χ0) is 16.4. The maximum Gasteiger partial charge on any atom is 0.147 e. The highest BCUT2D eigenvalue weighted by atomic mass is 15.2. The Kier molecular flexibility index (Phi) is 3.62. The van der Waals surface area contributed by atoms with Crippen molar-refractivity contribution in [3.05, 3.63) is 66.4 Å². The molecule has 4 nitrogen and oxygen atoms in total. The van der Waals surface area contributed by atoms with Crippen molar-refractivity contribution in [1.82, 2.24) is 9.97 Å². The van der Waals surface area contributed by atoms with E-state index in [0.717, 1.165) is 48.3 Å². The lowest BCUT2D eigenvalue weighted by Crippen LogP contribution is -2.42. The van der Waals surface area contributed by atoms with E-state index in [4.69, 9.17) is 4.98 Å². The van der Waals surface area contributed by atoms with Gasteiger partial charge in [-0.25, -0.2) is 4.98 Å². The molecule has 0 amide bonds. The van der Waals surface area contributed by atoms with E-state index in [1.165, 1.54) is 0 Å². The van der Waals surface area contributed by atoms with Crippen LogP contribution in [0.4, 0.5) is 5.82 Å². The fraction of sp³-hybridized carbons (Fsp3) is 0.250. The number of hydrogen-bond acceptors (Lipinski definition) is 4. The van der Waals surface area contributed by atoms with Crippen LogP contribution in [0.1, 0.15) is 18.4 Å². The van der Waals surface area contributed by atoms with Crippen LogP contribution < -0.4 is 4.90 Å². The van der Waals surface area contributed by atoms with Gasteiger partial charge in [-0.2, -0.15) is 5.26 Å².